The second kappa shape index (κ2) is 10.5. The smallest absolute Gasteiger partial charge is 0.224 e. The first-order valence-electron chi connectivity index (χ1n) is 12.6. The number of hydrogen-bond acceptors (Lipinski definition) is 4. The van der Waals surface area contributed by atoms with Crippen LogP contribution in [0.15, 0.2) is 24.3 Å². The summed E-state index contributed by atoms with van der Waals surface area (Å²) in [5.41, 5.74) is 2.87. The Morgan fingerprint density at radius 3 is 2.39 bits per heavy atom. The summed E-state index contributed by atoms with van der Waals surface area (Å²) in [6.45, 7) is 10.5. The van der Waals surface area contributed by atoms with Crippen LogP contribution < -0.4 is 10.2 Å². The van der Waals surface area contributed by atoms with Gasteiger partial charge in [0.15, 0.2) is 0 Å². The second-order valence-corrected chi connectivity index (χ2v) is 10.2. The van der Waals surface area contributed by atoms with Crippen molar-refractivity contribution >= 4 is 34.2 Å². The SMILES string of the molecule is Cc1cc(N2C[C@H](C)C[C@@H](C)C2)nc2ccc(NC(=O)CCC(=O)N3CCCCCC3)cc12. The van der Waals surface area contributed by atoms with E-state index < -0.39 is 0 Å². The van der Waals surface area contributed by atoms with E-state index in [-0.39, 0.29) is 24.7 Å². The molecule has 2 fully saturated rings. The van der Waals surface area contributed by atoms with Gasteiger partial charge in [0.25, 0.3) is 0 Å². The van der Waals surface area contributed by atoms with E-state index in [9.17, 15) is 9.59 Å². The number of aromatic nitrogens is 1. The highest BCUT2D eigenvalue weighted by Gasteiger charge is 2.23. The molecule has 2 saturated heterocycles. The van der Waals surface area contributed by atoms with Gasteiger partial charge in [-0.05, 0) is 67.9 Å². The van der Waals surface area contributed by atoms with Crippen LogP contribution in [0.2, 0.25) is 0 Å². The van der Waals surface area contributed by atoms with Crippen molar-refractivity contribution in [2.75, 3.05) is 36.4 Å². The Balaban J connectivity index is 1.39. The molecular formula is C27H38N4O2. The Kier molecular flexibility index (Phi) is 7.51. The third-order valence-electron chi connectivity index (χ3n) is 7.00. The van der Waals surface area contributed by atoms with Gasteiger partial charge in [-0.3, -0.25) is 9.59 Å². The molecule has 1 N–H and O–H groups in total. The molecule has 178 valence electrons. The van der Waals surface area contributed by atoms with Gasteiger partial charge in [0.1, 0.15) is 5.82 Å². The lowest BCUT2D eigenvalue weighted by atomic mass is 9.92. The number of piperidine rings is 1. The van der Waals surface area contributed by atoms with Crippen molar-refractivity contribution < 1.29 is 9.59 Å². The minimum Gasteiger partial charge on any atom is -0.356 e. The van der Waals surface area contributed by atoms with E-state index >= 15 is 0 Å². The monoisotopic (exact) mass is 450 g/mol. The highest BCUT2D eigenvalue weighted by molar-refractivity contribution is 5.96. The first-order valence-corrected chi connectivity index (χ1v) is 12.6. The molecule has 2 aromatic rings. The summed E-state index contributed by atoms with van der Waals surface area (Å²) < 4.78 is 0. The molecule has 0 radical (unpaired) electrons. The Morgan fingerprint density at radius 1 is 1.00 bits per heavy atom. The standard InChI is InChI=1S/C27H38N4O2/c1-19-14-20(2)18-31(17-19)25-15-21(3)23-16-22(8-9-24(23)29-25)28-26(32)10-11-27(33)30-12-6-4-5-7-13-30/h8-9,15-16,19-20H,4-7,10-14,17-18H2,1-3H3,(H,28,32)/t19-,20-/m1/s1. The van der Waals surface area contributed by atoms with E-state index in [1.54, 1.807) is 0 Å². The second-order valence-electron chi connectivity index (χ2n) is 10.2. The van der Waals surface area contributed by atoms with Crippen molar-refractivity contribution in [3.8, 4) is 0 Å². The quantitative estimate of drug-likeness (QED) is 0.684. The molecule has 4 rings (SSSR count). The van der Waals surface area contributed by atoms with Crippen LogP contribution in [0.1, 0.15) is 64.4 Å². The molecule has 6 nitrogen and oxygen atoms in total. The normalized spacial score (nSPS) is 21.7. The Labute approximate surface area is 197 Å². The average molecular weight is 451 g/mol. The molecule has 0 saturated carbocycles. The average Bonchev–Trinajstić information content (AvgIpc) is 3.07. The molecule has 3 heterocycles. The number of carbonyl (C=O) groups is 2. The fourth-order valence-electron chi connectivity index (χ4n) is 5.39. The van der Waals surface area contributed by atoms with Gasteiger partial charge in [-0.15, -0.1) is 0 Å². The first kappa shape index (κ1) is 23.5. The molecule has 2 amide bonds. The Morgan fingerprint density at radius 2 is 1.70 bits per heavy atom. The molecule has 2 aliphatic rings. The number of hydrogen-bond donors (Lipinski definition) is 1. The molecule has 2 aliphatic heterocycles. The summed E-state index contributed by atoms with van der Waals surface area (Å²) in [7, 11) is 0. The van der Waals surface area contributed by atoms with Crippen LogP contribution in [0.5, 0.6) is 0 Å². The predicted molar refractivity (Wildman–Crippen MR) is 135 cm³/mol. The number of fused-ring (bicyclic) bond motifs is 1. The first-order chi connectivity index (χ1) is 15.9. The third kappa shape index (κ3) is 6.04. The molecule has 0 bridgehead atoms. The van der Waals surface area contributed by atoms with Gasteiger partial charge in [0, 0.05) is 50.1 Å². The van der Waals surface area contributed by atoms with Crippen LogP contribution in [-0.2, 0) is 9.59 Å². The molecule has 33 heavy (non-hydrogen) atoms. The van der Waals surface area contributed by atoms with Crippen LogP contribution in [-0.4, -0.2) is 47.9 Å². The van der Waals surface area contributed by atoms with Crippen molar-refractivity contribution in [3.05, 3.63) is 29.8 Å². The zero-order valence-corrected chi connectivity index (χ0v) is 20.4. The zero-order valence-electron chi connectivity index (χ0n) is 20.4. The topological polar surface area (TPSA) is 65.5 Å². The summed E-state index contributed by atoms with van der Waals surface area (Å²) in [6, 6.07) is 8.06. The number of aryl methyl sites for hydroxylation is 1. The molecular weight excluding hydrogens is 412 g/mol. The van der Waals surface area contributed by atoms with E-state index in [1.807, 2.05) is 23.1 Å². The fraction of sp³-hybridized carbons (Fsp3) is 0.593. The van der Waals surface area contributed by atoms with Gasteiger partial charge in [0.2, 0.25) is 11.8 Å². The fourth-order valence-corrected chi connectivity index (χ4v) is 5.39. The number of nitrogens with one attached hydrogen (secondary N) is 1. The van der Waals surface area contributed by atoms with Gasteiger partial charge in [0.05, 0.1) is 5.52 Å². The maximum atomic E-state index is 12.5. The number of anilines is 2. The van der Waals surface area contributed by atoms with E-state index in [0.717, 1.165) is 67.0 Å². The Hall–Kier alpha value is -2.63. The predicted octanol–water partition coefficient (Wildman–Crippen LogP) is 5.15. The van der Waals surface area contributed by atoms with Gasteiger partial charge in [-0.25, -0.2) is 4.98 Å². The lowest BCUT2D eigenvalue weighted by Gasteiger charge is -2.36. The largest absolute Gasteiger partial charge is 0.356 e. The van der Waals surface area contributed by atoms with Gasteiger partial charge >= 0.3 is 0 Å². The highest BCUT2D eigenvalue weighted by Crippen LogP contribution is 2.29. The van der Waals surface area contributed by atoms with Crippen LogP contribution in [0.25, 0.3) is 10.9 Å². The highest BCUT2D eigenvalue weighted by atomic mass is 16.2. The van der Waals surface area contributed by atoms with Crippen LogP contribution in [0, 0.1) is 18.8 Å². The van der Waals surface area contributed by atoms with Gasteiger partial charge in [-0.2, -0.15) is 0 Å². The van der Waals surface area contributed by atoms with E-state index in [0.29, 0.717) is 11.8 Å². The van der Waals surface area contributed by atoms with Crippen molar-refractivity contribution in [1.82, 2.24) is 9.88 Å². The van der Waals surface area contributed by atoms with Crippen molar-refractivity contribution in [2.24, 2.45) is 11.8 Å². The maximum absolute atomic E-state index is 12.5. The van der Waals surface area contributed by atoms with E-state index in [4.69, 9.17) is 4.98 Å². The summed E-state index contributed by atoms with van der Waals surface area (Å²) in [6.07, 6.45) is 6.29. The number of pyridine rings is 1. The molecule has 1 aromatic carbocycles. The molecule has 6 heteroatoms. The number of nitrogens with zero attached hydrogens (tertiary/aromatic N) is 3. The summed E-state index contributed by atoms with van der Waals surface area (Å²) >= 11 is 0. The minimum absolute atomic E-state index is 0.0967. The molecule has 1 aromatic heterocycles. The van der Waals surface area contributed by atoms with Crippen LogP contribution in [0.4, 0.5) is 11.5 Å². The summed E-state index contributed by atoms with van der Waals surface area (Å²) in [5.74, 6) is 2.38. The Bertz CT molecular complexity index is 987. The number of amides is 2. The van der Waals surface area contributed by atoms with Gasteiger partial charge in [-0.1, -0.05) is 26.7 Å². The van der Waals surface area contributed by atoms with Crippen molar-refractivity contribution in [1.29, 1.82) is 0 Å². The molecule has 2 atom stereocenters. The van der Waals surface area contributed by atoms with Crippen molar-refractivity contribution in [2.45, 2.75) is 65.7 Å². The lowest BCUT2D eigenvalue weighted by molar-refractivity contribution is -0.132. The van der Waals surface area contributed by atoms with Crippen LogP contribution in [0.3, 0.4) is 0 Å². The number of benzene rings is 1. The van der Waals surface area contributed by atoms with Gasteiger partial charge < -0.3 is 15.1 Å². The zero-order chi connectivity index (χ0) is 23.4. The van der Waals surface area contributed by atoms with E-state index in [2.05, 4.69) is 37.1 Å². The minimum atomic E-state index is -0.115. The number of rotatable bonds is 5. The summed E-state index contributed by atoms with van der Waals surface area (Å²) in [5, 5.41) is 4.02. The molecule has 0 spiro atoms. The number of likely N-dealkylation sites (tertiary alicyclic amines) is 1. The van der Waals surface area contributed by atoms with Crippen LogP contribution >= 0.6 is 0 Å². The van der Waals surface area contributed by atoms with E-state index in [1.165, 1.54) is 19.3 Å². The summed E-state index contributed by atoms with van der Waals surface area (Å²) in [4.78, 5) is 34.2. The van der Waals surface area contributed by atoms with Crippen molar-refractivity contribution in [3.63, 3.8) is 0 Å². The molecule has 0 unspecified atom stereocenters. The number of carbonyl (C=O) groups excluding carboxylic acids is 2. The maximum Gasteiger partial charge on any atom is 0.224 e. The third-order valence-corrected chi connectivity index (χ3v) is 7.00. The molecule has 0 aliphatic carbocycles. The lowest BCUT2D eigenvalue weighted by Crippen LogP contribution is -2.39.